The number of alkyl halides is 3. The van der Waals surface area contributed by atoms with Crippen molar-refractivity contribution in [1.82, 2.24) is 0 Å². The SMILES string of the molecule is O=C1c2ccc(OS(=O)(=O)C(F)(F)F)cc2SCCC1c1ccc(Cl)cc1Cl. The van der Waals surface area contributed by atoms with Gasteiger partial charge < -0.3 is 4.18 Å². The average molecular weight is 471 g/mol. The van der Waals surface area contributed by atoms with Crippen LogP contribution in [0.3, 0.4) is 0 Å². The lowest BCUT2D eigenvalue weighted by atomic mass is 9.88. The maximum absolute atomic E-state index is 13.0. The summed E-state index contributed by atoms with van der Waals surface area (Å²) in [7, 11) is -5.79. The highest BCUT2D eigenvalue weighted by Crippen LogP contribution is 2.40. The molecule has 1 unspecified atom stereocenters. The Hall–Kier alpha value is -1.42. The molecule has 0 saturated heterocycles. The minimum Gasteiger partial charge on any atom is -0.376 e. The van der Waals surface area contributed by atoms with E-state index in [-0.39, 0.29) is 11.3 Å². The van der Waals surface area contributed by atoms with Crippen LogP contribution >= 0.6 is 35.0 Å². The van der Waals surface area contributed by atoms with Crippen molar-refractivity contribution < 1.29 is 30.6 Å². The maximum atomic E-state index is 13.0. The van der Waals surface area contributed by atoms with Crippen molar-refractivity contribution in [3.8, 4) is 5.75 Å². The largest absolute Gasteiger partial charge is 0.534 e. The van der Waals surface area contributed by atoms with Crippen molar-refractivity contribution in [2.24, 2.45) is 0 Å². The Balaban J connectivity index is 1.94. The van der Waals surface area contributed by atoms with Crippen LogP contribution in [0.1, 0.15) is 28.3 Å². The van der Waals surface area contributed by atoms with Crippen molar-refractivity contribution in [3.63, 3.8) is 0 Å². The molecule has 0 bridgehead atoms. The highest BCUT2D eigenvalue weighted by atomic mass is 35.5. The number of thioether (sulfide) groups is 1. The van der Waals surface area contributed by atoms with Crippen molar-refractivity contribution in [1.29, 1.82) is 0 Å². The molecule has 0 saturated carbocycles. The molecule has 1 atom stereocenters. The molecule has 0 fully saturated rings. The second kappa shape index (κ2) is 7.78. The van der Waals surface area contributed by atoms with Gasteiger partial charge in [-0.3, -0.25) is 4.79 Å². The zero-order valence-electron chi connectivity index (χ0n) is 13.8. The van der Waals surface area contributed by atoms with Gasteiger partial charge >= 0.3 is 15.6 Å². The normalized spacial score (nSPS) is 17.8. The Labute approximate surface area is 173 Å². The summed E-state index contributed by atoms with van der Waals surface area (Å²) < 4.78 is 64.0. The number of carbonyl (C=O) groups excluding carboxylic acids is 1. The van der Waals surface area contributed by atoms with Crippen LogP contribution in [0, 0.1) is 0 Å². The third-order valence-electron chi connectivity index (χ3n) is 4.03. The standard InChI is InChI=1S/C17H11Cl2F3O4S2/c18-9-1-3-11(14(19)7-9)12-5-6-27-15-8-10(2-4-13(15)16(12)23)26-28(24,25)17(20,21)22/h1-4,7-8,12H,5-6H2. The van der Waals surface area contributed by atoms with Crippen LogP contribution in [0.5, 0.6) is 5.75 Å². The molecule has 0 N–H and O–H groups in total. The predicted molar refractivity (Wildman–Crippen MR) is 101 cm³/mol. The van der Waals surface area contributed by atoms with Gasteiger partial charge in [0.25, 0.3) is 0 Å². The zero-order valence-corrected chi connectivity index (χ0v) is 16.9. The van der Waals surface area contributed by atoms with Crippen molar-refractivity contribution >= 4 is 50.9 Å². The monoisotopic (exact) mass is 470 g/mol. The fourth-order valence-corrected chi connectivity index (χ4v) is 4.83. The number of hydrogen-bond acceptors (Lipinski definition) is 5. The number of carbonyl (C=O) groups is 1. The molecule has 4 nitrogen and oxygen atoms in total. The third-order valence-corrected chi connectivity index (χ3v) is 6.66. The summed E-state index contributed by atoms with van der Waals surface area (Å²) in [5.41, 5.74) is -4.68. The Morgan fingerprint density at radius 1 is 1.11 bits per heavy atom. The van der Waals surface area contributed by atoms with Crippen LogP contribution in [0.15, 0.2) is 41.3 Å². The number of benzene rings is 2. The fraction of sp³-hybridized carbons (Fsp3) is 0.235. The van der Waals surface area contributed by atoms with Crippen LogP contribution in [0.2, 0.25) is 10.0 Å². The van der Waals surface area contributed by atoms with E-state index in [1.54, 1.807) is 12.1 Å². The summed E-state index contributed by atoms with van der Waals surface area (Å²) in [6.45, 7) is 0. The second-order valence-electron chi connectivity index (χ2n) is 5.86. The predicted octanol–water partition coefficient (Wildman–Crippen LogP) is 5.68. The summed E-state index contributed by atoms with van der Waals surface area (Å²) in [4.78, 5) is 13.3. The molecule has 3 rings (SSSR count). The van der Waals surface area contributed by atoms with Gasteiger partial charge in [-0.05, 0) is 48.1 Å². The number of halogens is 5. The summed E-state index contributed by atoms with van der Waals surface area (Å²) in [5, 5.41) is 0.771. The number of Topliss-reactive ketones (excluding diaryl/α,β-unsaturated/α-hetero) is 1. The Morgan fingerprint density at radius 2 is 1.82 bits per heavy atom. The van der Waals surface area contributed by atoms with Crippen LogP contribution < -0.4 is 4.18 Å². The smallest absolute Gasteiger partial charge is 0.376 e. The van der Waals surface area contributed by atoms with Crippen LogP contribution in [0.4, 0.5) is 13.2 Å². The van der Waals surface area contributed by atoms with E-state index < -0.39 is 27.3 Å². The van der Waals surface area contributed by atoms with Gasteiger partial charge in [0.1, 0.15) is 5.75 Å². The molecular formula is C17H11Cl2F3O4S2. The van der Waals surface area contributed by atoms with E-state index in [9.17, 15) is 26.4 Å². The highest BCUT2D eigenvalue weighted by molar-refractivity contribution is 7.99. The van der Waals surface area contributed by atoms with E-state index in [1.165, 1.54) is 23.9 Å². The quantitative estimate of drug-likeness (QED) is 0.426. The van der Waals surface area contributed by atoms with Crippen LogP contribution in [-0.4, -0.2) is 25.5 Å². The second-order valence-corrected chi connectivity index (χ2v) is 9.38. The first kappa shape index (κ1) is 21.3. The van der Waals surface area contributed by atoms with Gasteiger partial charge in [0.15, 0.2) is 5.78 Å². The van der Waals surface area contributed by atoms with Gasteiger partial charge in [-0.2, -0.15) is 21.6 Å². The lowest BCUT2D eigenvalue weighted by molar-refractivity contribution is -0.0500. The number of fused-ring (bicyclic) bond motifs is 1. The molecular weight excluding hydrogens is 460 g/mol. The molecule has 2 aromatic carbocycles. The minimum absolute atomic E-state index is 0.260. The summed E-state index contributed by atoms with van der Waals surface area (Å²) in [6, 6.07) is 8.21. The molecule has 0 amide bonds. The fourth-order valence-electron chi connectivity index (χ4n) is 2.74. The minimum atomic E-state index is -5.79. The number of hydrogen-bond donors (Lipinski definition) is 0. The molecule has 11 heteroatoms. The van der Waals surface area contributed by atoms with Crippen LogP contribution in [-0.2, 0) is 10.1 Å². The van der Waals surface area contributed by atoms with Crippen LogP contribution in [0.25, 0.3) is 0 Å². The molecule has 0 aromatic heterocycles. The number of rotatable bonds is 3. The first-order valence-electron chi connectivity index (χ1n) is 7.76. The summed E-state index contributed by atoms with van der Waals surface area (Å²) >= 11 is 13.3. The van der Waals surface area contributed by atoms with Gasteiger partial charge in [0.05, 0.1) is 0 Å². The van der Waals surface area contributed by atoms with E-state index in [4.69, 9.17) is 23.2 Å². The van der Waals surface area contributed by atoms with E-state index in [1.807, 2.05) is 0 Å². The first-order valence-corrected chi connectivity index (χ1v) is 10.9. The topological polar surface area (TPSA) is 60.4 Å². The van der Waals surface area contributed by atoms with Gasteiger partial charge in [0.2, 0.25) is 0 Å². The van der Waals surface area contributed by atoms with E-state index >= 15 is 0 Å². The van der Waals surface area contributed by atoms with Crippen molar-refractivity contribution in [2.75, 3.05) is 5.75 Å². The third kappa shape index (κ3) is 4.27. The lowest BCUT2D eigenvalue weighted by Crippen LogP contribution is -2.28. The zero-order chi connectivity index (χ0) is 20.7. The van der Waals surface area contributed by atoms with E-state index in [2.05, 4.69) is 4.18 Å². The highest BCUT2D eigenvalue weighted by Gasteiger charge is 2.48. The molecule has 1 aliphatic rings. The molecule has 2 aromatic rings. The molecule has 0 spiro atoms. The average Bonchev–Trinajstić information content (AvgIpc) is 2.73. The Morgan fingerprint density at radius 3 is 2.46 bits per heavy atom. The lowest BCUT2D eigenvalue weighted by Gasteiger charge is -2.16. The first-order chi connectivity index (χ1) is 13.0. The molecule has 150 valence electrons. The van der Waals surface area contributed by atoms with Gasteiger partial charge in [-0.15, -0.1) is 11.8 Å². The summed E-state index contributed by atoms with van der Waals surface area (Å²) in [5.74, 6) is -0.865. The van der Waals surface area contributed by atoms with Gasteiger partial charge in [-0.1, -0.05) is 29.3 Å². The van der Waals surface area contributed by atoms with E-state index in [0.29, 0.717) is 32.7 Å². The Bertz CT molecular complexity index is 1040. The maximum Gasteiger partial charge on any atom is 0.534 e. The van der Waals surface area contributed by atoms with Gasteiger partial charge in [0, 0.05) is 26.4 Å². The molecule has 0 aliphatic carbocycles. The van der Waals surface area contributed by atoms with Crippen molar-refractivity contribution in [2.45, 2.75) is 22.7 Å². The number of ketones is 1. The molecule has 1 heterocycles. The molecule has 1 aliphatic heterocycles. The molecule has 28 heavy (non-hydrogen) atoms. The van der Waals surface area contributed by atoms with Crippen molar-refractivity contribution in [3.05, 3.63) is 57.6 Å². The van der Waals surface area contributed by atoms with E-state index in [0.717, 1.165) is 12.1 Å². The van der Waals surface area contributed by atoms with Gasteiger partial charge in [-0.25, -0.2) is 0 Å². The Kier molecular flexibility index (Phi) is 5.91. The molecule has 0 radical (unpaired) electrons. The summed E-state index contributed by atoms with van der Waals surface area (Å²) in [6.07, 6.45) is 0.441.